The van der Waals surface area contributed by atoms with Crippen LogP contribution in [0.15, 0.2) is 29.4 Å². The molecule has 0 aliphatic carbocycles. The van der Waals surface area contributed by atoms with E-state index in [0.29, 0.717) is 19.1 Å². The largest absolute Gasteiger partial charge is 0.494 e. The van der Waals surface area contributed by atoms with Crippen molar-refractivity contribution >= 4 is 0 Å². The summed E-state index contributed by atoms with van der Waals surface area (Å²) in [5.41, 5.74) is 9.39. The van der Waals surface area contributed by atoms with E-state index in [2.05, 4.69) is 36.0 Å². The third-order valence-corrected chi connectivity index (χ3v) is 2.28. The molecule has 0 fully saturated rings. The first-order chi connectivity index (χ1) is 7.74. The summed E-state index contributed by atoms with van der Waals surface area (Å²) in [4.78, 5) is 2.68. The van der Waals surface area contributed by atoms with Gasteiger partial charge in [0.25, 0.3) is 0 Å². The van der Waals surface area contributed by atoms with Crippen molar-refractivity contribution in [3.8, 4) is 5.75 Å². The number of hydrogen-bond acceptors (Lipinski definition) is 2. The van der Waals surface area contributed by atoms with Crippen molar-refractivity contribution in [3.05, 3.63) is 40.3 Å². The lowest BCUT2D eigenvalue weighted by molar-refractivity contribution is 0.313. The molecule has 0 unspecified atom stereocenters. The predicted octanol–water partition coefficient (Wildman–Crippen LogP) is 3.89. The molecule has 86 valence electrons. The number of rotatable bonds is 6. The van der Waals surface area contributed by atoms with Crippen molar-refractivity contribution in [2.45, 2.75) is 26.2 Å². The summed E-state index contributed by atoms with van der Waals surface area (Å²) in [7, 11) is 0. The summed E-state index contributed by atoms with van der Waals surface area (Å²) in [5.74, 6) is 1.41. The molecule has 16 heavy (non-hydrogen) atoms. The van der Waals surface area contributed by atoms with Crippen LogP contribution in [-0.2, 0) is 0 Å². The highest BCUT2D eigenvalue weighted by molar-refractivity contribution is 5.28. The molecule has 0 radical (unpaired) electrons. The van der Waals surface area contributed by atoms with Crippen LogP contribution in [0, 0.1) is 0 Å². The van der Waals surface area contributed by atoms with Crippen LogP contribution in [-0.4, -0.2) is 13.2 Å². The number of azide groups is 1. The number of nitrogens with zero attached hydrogens (tertiary/aromatic N) is 3. The Morgan fingerprint density at radius 3 is 2.56 bits per heavy atom. The van der Waals surface area contributed by atoms with E-state index in [4.69, 9.17) is 10.3 Å². The second-order valence-corrected chi connectivity index (χ2v) is 3.88. The van der Waals surface area contributed by atoms with E-state index in [9.17, 15) is 0 Å². The fourth-order valence-corrected chi connectivity index (χ4v) is 1.32. The molecule has 0 aromatic heterocycles. The van der Waals surface area contributed by atoms with E-state index in [-0.39, 0.29) is 0 Å². The van der Waals surface area contributed by atoms with Crippen molar-refractivity contribution in [1.82, 2.24) is 0 Å². The van der Waals surface area contributed by atoms with E-state index in [1.165, 1.54) is 5.56 Å². The van der Waals surface area contributed by atoms with Gasteiger partial charge in [0.1, 0.15) is 5.75 Å². The average Bonchev–Trinajstić information content (AvgIpc) is 2.29. The summed E-state index contributed by atoms with van der Waals surface area (Å²) in [6.07, 6.45) is 0.746. The maximum atomic E-state index is 8.08. The van der Waals surface area contributed by atoms with E-state index >= 15 is 0 Å². The summed E-state index contributed by atoms with van der Waals surface area (Å²) in [5, 5.41) is 3.44. The van der Waals surface area contributed by atoms with Crippen molar-refractivity contribution in [2.24, 2.45) is 5.11 Å². The fourth-order valence-electron chi connectivity index (χ4n) is 1.32. The maximum Gasteiger partial charge on any atom is 0.119 e. The van der Waals surface area contributed by atoms with Crippen molar-refractivity contribution in [3.63, 3.8) is 0 Å². The lowest BCUT2D eigenvalue weighted by Crippen LogP contribution is -1.99. The quantitative estimate of drug-likeness (QED) is 0.310. The lowest BCUT2D eigenvalue weighted by Gasteiger charge is -2.08. The van der Waals surface area contributed by atoms with Gasteiger partial charge in [-0.25, -0.2) is 0 Å². The summed E-state index contributed by atoms with van der Waals surface area (Å²) in [6, 6.07) is 8.10. The third-order valence-electron chi connectivity index (χ3n) is 2.28. The molecule has 4 heteroatoms. The lowest BCUT2D eigenvalue weighted by atomic mass is 10.0. The zero-order valence-corrected chi connectivity index (χ0v) is 9.76. The van der Waals surface area contributed by atoms with E-state index in [1.807, 2.05) is 12.1 Å². The fraction of sp³-hybridized carbons (Fsp3) is 0.500. The van der Waals surface area contributed by atoms with Crippen LogP contribution in [0.1, 0.15) is 31.7 Å². The molecule has 0 spiro atoms. The molecule has 0 saturated carbocycles. The minimum absolute atomic E-state index is 0.487. The Bertz CT molecular complexity index is 353. The Hall–Kier alpha value is -1.67. The zero-order chi connectivity index (χ0) is 11.8. The zero-order valence-electron chi connectivity index (χ0n) is 9.76. The topological polar surface area (TPSA) is 58.0 Å². The van der Waals surface area contributed by atoms with Crippen LogP contribution < -0.4 is 4.74 Å². The molecule has 0 heterocycles. The van der Waals surface area contributed by atoms with E-state index < -0.39 is 0 Å². The molecule has 0 N–H and O–H groups in total. The second-order valence-electron chi connectivity index (χ2n) is 3.88. The van der Waals surface area contributed by atoms with Crippen LogP contribution in [0.25, 0.3) is 10.4 Å². The molecule has 1 rings (SSSR count). The first kappa shape index (κ1) is 12.4. The first-order valence-electron chi connectivity index (χ1n) is 5.47. The molecule has 0 atom stereocenters. The van der Waals surface area contributed by atoms with Gasteiger partial charge in [-0.1, -0.05) is 31.1 Å². The van der Waals surface area contributed by atoms with Crippen LogP contribution in [0.5, 0.6) is 5.75 Å². The smallest absolute Gasteiger partial charge is 0.119 e. The van der Waals surface area contributed by atoms with Crippen molar-refractivity contribution in [1.29, 1.82) is 0 Å². The number of benzene rings is 1. The maximum absolute atomic E-state index is 8.08. The molecular formula is C12H17N3O. The summed E-state index contributed by atoms with van der Waals surface area (Å²) >= 11 is 0. The molecule has 1 aromatic rings. The minimum Gasteiger partial charge on any atom is -0.494 e. The number of ether oxygens (including phenoxy) is 1. The number of hydrogen-bond donors (Lipinski definition) is 0. The van der Waals surface area contributed by atoms with Crippen molar-refractivity contribution in [2.75, 3.05) is 13.2 Å². The van der Waals surface area contributed by atoms with Crippen LogP contribution in [0.4, 0.5) is 0 Å². The average molecular weight is 219 g/mol. The summed E-state index contributed by atoms with van der Waals surface area (Å²) < 4.78 is 5.50. The van der Waals surface area contributed by atoms with Gasteiger partial charge in [0.15, 0.2) is 0 Å². The standard InChI is InChI=1S/C12H17N3O/c1-10(2)11-4-6-12(7-5-11)16-9-3-8-14-15-13/h4-7,10H,3,8-9H2,1-2H3. The van der Waals surface area contributed by atoms with Gasteiger partial charge in [-0.3, -0.25) is 0 Å². The van der Waals surface area contributed by atoms with E-state index in [1.54, 1.807) is 0 Å². The van der Waals surface area contributed by atoms with Crippen LogP contribution >= 0.6 is 0 Å². The molecule has 0 aliphatic heterocycles. The molecule has 0 aliphatic rings. The molecule has 0 saturated heterocycles. The van der Waals surface area contributed by atoms with Gasteiger partial charge in [0.2, 0.25) is 0 Å². The first-order valence-corrected chi connectivity index (χ1v) is 5.47. The van der Waals surface area contributed by atoms with Gasteiger partial charge in [0.05, 0.1) is 6.61 Å². The van der Waals surface area contributed by atoms with Gasteiger partial charge in [-0.15, -0.1) is 0 Å². The van der Waals surface area contributed by atoms with Crippen LogP contribution in [0.2, 0.25) is 0 Å². The van der Waals surface area contributed by atoms with Crippen LogP contribution in [0.3, 0.4) is 0 Å². The second kappa shape index (κ2) is 6.75. The van der Waals surface area contributed by atoms with Gasteiger partial charge in [-0.05, 0) is 35.6 Å². The Labute approximate surface area is 95.9 Å². The van der Waals surface area contributed by atoms with Gasteiger partial charge < -0.3 is 4.74 Å². The molecule has 0 bridgehead atoms. The molecule has 1 aromatic carbocycles. The Morgan fingerprint density at radius 1 is 1.31 bits per heavy atom. The van der Waals surface area contributed by atoms with Crippen molar-refractivity contribution < 1.29 is 4.74 Å². The Balaban J connectivity index is 2.34. The highest BCUT2D eigenvalue weighted by Gasteiger charge is 1.98. The van der Waals surface area contributed by atoms with Gasteiger partial charge >= 0.3 is 0 Å². The third kappa shape index (κ3) is 4.24. The highest BCUT2D eigenvalue weighted by Crippen LogP contribution is 2.18. The van der Waals surface area contributed by atoms with Gasteiger partial charge in [0, 0.05) is 11.5 Å². The molecule has 4 nitrogen and oxygen atoms in total. The Morgan fingerprint density at radius 2 is 2.00 bits per heavy atom. The monoisotopic (exact) mass is 219 g/mol. The Kier molecular flexibility index (Phi) is 5.23. The van der Waals surface area contributed by atoms with E-state index in [0.717, 1.165) is 12.2 Å². The SMILES string of the molecule is CC(C)c1ccc(OCCCN=[N+]=[N-])cc1. The molecule has 0 amide bonds. The molecular weight excluding hydrogens is 202 g/mol. The summed E-state index contributed by atoms with van der Waals surface area (Å²) in [6.45, 7) is 5.39. The highest BCUT2D eigenvalue weighted by atomic mass is 16.5. The van der Waals surface area contributed by atoms with Gasteiger partial charge in [-0.2, -0.15) is 0 Å². The predicted molar refractivity (Wildman–Crippen MR) is 64.7 cm³/mol. The minimum atomic E-state index is 0.487. The normalized spacial score (nSPS) is 9.94.